The topological polar surface area (TPSA) is 49.2 Å². The zero-order valence-corrected chi connectivity index (χ0v) is 56.6. The van der Waals surface area contributed by atoms with Crippen molar-refractivity contribution in [3.8, 4) is 47.5 Å². The first-order valence-electron chi connectivity index (χ1n) is 32.6. The van der Waals surface area contributed by atoms with Gasteiger partial charge in [0.05, 0.1) is 15.3 Å². The van der Waals surface area contributed by atoms with E-state index in [1.807, 2.05) is 22.7 Å². The SMILES string of the molecule is CCCCCCCCC1(CCCCCCCC)c2cc(-c3cc4c(s3)-c3sc(-c5ccc(/C(S)=C/C(C)(C)C)c(N)c5[NH+]=S)cc3C(CCC(C)CCCC(C)C)(CCC(C)CCCC(C)C)O4)ccc2-c2ccc(C(C)(C)C)cc21. The van der Waals surface area contributed by atoms with E-state index < -0.39 is 5.60 Å². The number of thiophene rings is 2. The Kier molecular flexibility index (Phi) is 23.6. The number of benzene rings is 3. The van der Waals surface area contributed by atoms with Crippen molar-refractivity contribution in [1.29, 1.82) is 0 Å². The van der Waals surface area contributed by atoms with E-state index in [2.05, 4.69) is 168 Å². The standard InChI is InChI=1S/C74H108N2OS4/c1-15-17-19-21-23-25-41-73(42-26-24-22-20-18-16-2)60-45-54(33-35-56(60)57-36-34-55(46-61(57)73)72(12,13)14)65-48-63-70(80-65)69-62(47-66(81-69)59-38-37-58(67(75)68(59)76-79)64(78)49-71(9,10)11)74(77-63,43-39-52(7)31-27-29-50(3)4)44-40-53(8)32-28-30-51(5)6/h33-38,45-53,78H,15-32,39-44,75H2,1-14H3/p+1/b64-49-. The monoisotopic (exact) mass is 1170 g/mol. The molecule has 2 atom stereocenters. The zero-order valence-electron chi connectivity index (χ0n) is 53.3. The van der Waals surface area contributed by atoms with Crippen molar-refractivity contribution in [2.24, 2.45) is 29.1 Å². The number of thiol groups is 1. The molecule has 2 unspecified atom stereocenters. The molecular formula is C74H109N2OS4+. The summed E-state index contributed by atoms with van der Waals surface area (Å²) in [6.07, 6.45) is 32.2. The fraction of sp³-hybridized carbons (Fsp3) is 0.622. The van der Waals surface area contributed by atoms with Crippen molar-refractivity contribution in [1.82, 2.24) is 0 Å². The molecule has 0 radical (unpaired) electrons. The van der Waals surface area contributed by atoms with Crippen molar-refractivity contribution >= 4 is 64.0 Å². The zero-order chi connectivity index (χ0) is 58.7. The Hall–Kier alpha value is -3.23. The average molecular weight is 1170 g/mol. The van der Waals surface area contributed by atoms with Crippen LogP contribution < -0.4 is 14.8 Å². The van der Waals surface area contributed by atoms with Crippen molar-refractivity contribution in [2.75, 3.05) is 5.73 Å². The molecule has 2 aliphatic rings. The third-order valence-corrected chi connectivity index (χ3v) is 21.4. The number of nitrogens with two attached hydrogens (primary N) is 1. The molecule has 3 aromatic carbocycles. The summed E-state index contributed by atoms with van der Waals surface area (Å²) in [6, 6.07) is 24.5. The van der Waals surface area contributed by atoms with Crippen LogP contribution in [0, 0.1) is 29.1 Å². The number of nitrogens with one attached hydrogen (secondary N) is 1. The number of anilines is 1. The first kappa shape index (κ1) is 65.3. The Morgan fingerprint density at radius 1 is 0.593 bits per heavy atom. The number of hydrogen-bond donors (Lipinski definition) is 3. The second kappa shape index (κ2) is 29.2. The van der Waals surface area contributed by atoms with Gasteiger partial charge in [-0.15, -0.1) is 39.7 Å². The molecule has 3 N–H and O–H groups in total. The third kappa shape index (κ3) is 16.4. The number of nitrogen functional groups attached to an aromatic ring is 1. The highest BCUT2D eigenvalue weighted by atomic mass is 32.1. The lowest BCUT2D eigenvalue weighted by atomic mass is 9.69. The van der Waals surface area contributed by atoms with Gasteiger partial charge in [-0.1, -0.05) is 255 Å². The van der Waals surface area contributed by atoms with Crippen molar-refractivity contribution < 1.29 is 9.10 Å². The number of hydrogen-bond acceptors (Lipinski definition) is 6. The van der Waals surface area contributed by atoms with Crippen LogP contribution in [0.1, 0.15) is 279 Å². The Labute approximate surface area is 513 Å². The summed E-state index contributed by atoms with van der Waals surface area (Å²) in [5.74, 6) is 3.73. The van der Waals surface area contributed by atoms with Gasteiger partial charge in [-0.05, 0) is 131 Å². The van der Waals surface area contributed by atoms with E-state index in [4.69, 9.17) is 35.5 Å². The second-order valence-electron chi connectivity index (χ2n) is 28.5. The minimum absolute atomic E-state index is 0.0162. The van der Waals surface area contributed by atoms with Crippen LogP contribution in [0.3, 0.4) is 0 Å². The molecule has 0 spiro atoms. The minimum atomic E-state index is -0.470. The van der Waals surface area contributed by atoms with Gasteiger partial charge in [-0.25, -0.2) is 0 Å². The van der Waals surface area contributed by atoms with E-state index in [9.17, 15) is 0 Å². The van der Waals surface area contributed by atoms with E-state index in [1.165, 1.54) is 176 Å². The minimum Gasteiger partial charge on any atom is -0.481 e. The lowest BCUT2D eigenvalue weighted by Crippen LogP contribution is -2.56. The van der Waals surface area contributed by atoms with Gasteiger partial charge in [-0.2, -0.15) is 0 Å². The summed E-state index contributed by atoms with van der Waals surface area (Å²) >= 11 is 14.6. The van der Waals surface area contributed by atoms with Crippen molar-refractivity contribution in [3.63, 3.8) is 0 Å². The van der Waals surface area contributed by atoms with Crippen molar-refractivity contribution in [2.45, 2.75) is 267 Å². The van der Waals surface area contributed by atoms with Crippen LogP contribution in [-0.4, -0.2) is 0 Å². The number of fused-ring (bicyclic) bond motifs is 6. The predicted molar refractivity (Wildman–Crippen MR) is 365 cm³/mol. The molecule has 3 nitrogen and oxygen atoms in total. The van der Waals surface area contributed by atoms with E-state index in [-0.39, 0.29) is 16.2 Å². The smallest absolute Gasteiger partial charge is 0.268 e. The molecule has 1 aliphatic carbocycles. The first-order chi connectivity index (χ1) is 38.5. The van der Waals surface area contributed by atoms with Gasteiger partial charge in [0, 0.05) is 31.2 Å². The lowest BCUT2D eigenvalue weighted by Gasteiger charge is -2.39. The maximum atomic E-state index is 7.92. The fourth-order valence-electron chi connectivity index (χ4n) is 13.4. The normalized spacial score (nSPS) is 16.6. The molecular weight excluding hydrogens is 1060 g/mol. The molecule has 0 saturated heterocycles. The fourth-order valence-corrected chi connectivity index (χ4v) is 16.7. The molecule has 0 amide bonds. The summed E-state index contributed by atoms with van der Waals surface area (Å²) in [7, 11) is 0. The third-order valence-electron chi connectivity index (χ3n) is 18.4. The molecule has 5 aromatic rings. The number of allylic oxidation sites excluding steroid dienone is 1. The van der Waals surface area contributed by atoms with Crippen LogP contribution in [0.2, 0.25) is 0 Å². The largest absolute Gasteiger partial charge is 0.481 e. The van der Waals surface area contributed by atoms with E-state index in [0.717, 1.165) is 65.0 Å². The van der Waals surface area contributed by atoms with Gasteiger partial charge >= 0.3 is 0 Å². The highest BCUT2D eigenvalue weighted by molar-refractivity contribution is 7.90. The van der Waals surface area contributed by atoms with Crippen LogP contribution >= 0.6 is 35.3 Å². The Bertz CT molecular complexity index is 2820. The average Bonchev–Trinajstić information content (AvgIpc) is 3.15. The van der Waals surface area contributed by atoms with Crippen LogP contribution in [-0.2, 0) is 28.9 Å². The molecule has 444 valence electrons. The first-order valence-corrected chi connectivity index (χ1v) is 35.0. The van der Waals surface area contributed by atoms with Crippen LogP contribution in [0.15, 0.2) is 66.7 Å². The summed E-state index contributed by atoms with van der Waals surface area (Å²) in [6.45, 7) is 32.9. The van der Waals surface area contributed by atoms with Gasteiger partial charge in [0.2, 0.25) is 5.69 Å². The second-order valence-corrected chi connectivity index (χ2v) is 31.3. The lowest BCUT2D eigenvalue weighted by molar-refractivity contribution is -0.313. The summed E-state index contributed by atoms with van der Waals surface area (Å²) in [4.78, 5) is 5.96. The van der Waals surface area contributed by atoms with Crippen LogP contribution in [0.4, 0.5) is 11.4 Å². The van der Waals surface area contributed by atoms with E-state index in [1.54, 1.807) is 11.1 Å². The van der Waals surface area contributed by atoms with Gasteiger partial charge < -0.3 is 10.5 Å². The Morgan fingerprint density at radius 3 is 1.67 bits per heavy atom. The molecule has 0 saturated carbocycles. The van der Waals surface area contributed by atoms with Gasteiger partial charge in [0.1, 0.15) is 17.0 Å². The predicted octanol–water partition coefficient (Wildman–Crippen LogP) is 23.3. The Morgan fingerprint density at radius 2 is 1.12 bits per heavy atom. The van der Waals surface area contributed by atoms with E-state index in [0.29, 0.717) is 17.5 Å². The van der Waals surface area contributed by atoms with Gasteiger partial charge in [-0.3, -0.25) is 0 Å². The number of rotatable bonds is 32. The molecule has 0 fully saturated rings. The van der Waals surface area contributed by atoms with Gasteiger partial charge in [0.15, 0.2) is 0 Å². The molecule has 81 heavy (non-hydrogen) atoms. The van der Waals surface area contributed by atoms with Gasteiger partial charge in [0.25, 0.3) is 12.4 Å². The highest BCUT2D eigenvalue weighted by Crippen LogP contribution is 2.61. The number of ether oxygens (including phenoxy) is 1. The molecule has 7 rings (SSSR count). The quantitative estimate of drug-likeness (QED) is 0.0228. The molecule has 0 bridgehead atoms. The highest BCUT2D eigenvalue weighted by Gasteiger charge is 2.46. The maximum Gasteiger partial charge on any atom is 0.268 e. The molecule has 2 aromatic heterocycles. The molecule has 7 heteroatoms. The molecule has 1 aliphatic heterocycles. The molecule has 3 heterocycles. The van der Waals surface area contributed by atoms with Crippen LogP contribution in [0.25, 0.3) is 46.7 Å². The van der Waals surface area contributed by atoms with Crippen molar-refractivity contribution in [3.05, 3.63) is 94.6 Å². The maximum absolute atomic E-state index is 7.92. The van der Waals surface area contributed by atoms with E-state index >= 15 is 0 Å². The summed E-state index contributed by atoms with van der Waals surface area (Å²) in [5.41, 5.74) is 20.2. The summed E-state index contributed by atoms with van der Waals surface area (Å²) < 4.78 is 11.1. The summed E-state index contributed by atoms with van der Waals surface area (Å²) in [5, 5.41) is 0. The van der Waals surface area contributed by atoms with Crippen LogP contribution in [0.5, 0.6) is 5.75 Å². The Balaban J connectivity index is 1.38. The number of unbranched alkanes of at least 4 members (excludes halogenated alkanes) is 10.